The highest BCUT2D eigenvalue weighted by Crippen LogP contribution is 2.29. The zero-order valence-corrected chi connectivity index (χ0v) is 24.8. The lowest BCUT2D eigenvalue weighted by Crippen LogP contribution is -2.33. The Kier molecular flexibility index (Phi) is 10.5. The van der Waals surface area contributed by atoms with E-state index in [2.05, 4.69) is 26.5 Å². The summed E-state index contributed by atoms with van der Waals surface area (Å²) < 4.78 is 28.3. The van der Waals surface area contributed by atoms with Crippen LogP contribution in [0.5, 0.6) is 28.7 Å². The van der Waals surface area contributed by atoms with E-state index < -0.39 is 18.0 Å². The summed E-state index contributed by atoms with van der Waals surface area (Å²) in [5, 5.41) is 4.03. The van der Waals surface area contributed by atoms with Crippen LogP contribution in [-0.2, 0) is 11.4 Å². The van der Waals surface area contributed by atoms with Crippen molar-refractivity contribution in [2.45, 2.75) is 19.6 Å². The van der Waals surface area contributed by atoms with E-state index >= 15 is 0 Å². The predicted octanol–water partition coefficient (Wildman–Crippen LogP) is 6.18. The number of nitrogens with one attached hydrogen (secondary N) is 1. The molecular formula is C32H29BrN2O7. The number of nitrogens with zero attached hydrogens (tertiary/aromatic N) is 1. The average molecular weight is 633 g/mol. The molecule has 0 spiro atoms. The Hall–Kier alpha value is -4.83. The van der Waals surface area contributed by atoms with Crippen LogP contribution < -0.4 is 29.1 Å². The fourth-order valence-electron chi connectivity index (χ4n) is 3.70. The molecule has 0 radical (unpaired) electrons. The van der Waals surface area contributed by atoms with Gasteiger partial charge in [-0.15, -0.1) is 0 Å². The number of amides is 1. The van der Waals surface area contributed by atoms with Crippen molar-refractivity contribution in [2.75, 3.05) is 14.2 Å². The molecule has 1 N–H and O–H groups in total. The number of rotatable bonds is 12. The third-order valence-corrected chi connectivity index (χ3v) is 6.42. The molecule has 0 saturated carbocycles. The molecule has 0 heterocycles. The van der Waals surface area contributed by atoms with Gasteiger partial charge in [-0.3, -0.25) is 4.79 Å². The maximum Gasteiger partial charge on any atom is 0.343 e. The van der Waals surface area contributed by atoms with Crippen molar-refractivity contribution < 1.29 is 33.3 Å². The van der Waals surface area contributed by atoms with Crippen LogP contribution in [0.15, 0.2) is 101 Å². The molecule has 1 atom stereocenters. The Balaban J connectivity index is 1.33. The van der Waals surface area contributed by atoms with Crippen molar-refractivity contribution in [3.63, 3.8) is 0 Å². The predicted molar refractivity (Wildman–Crippen MR) is 162 cm³/mol. The topological polar surface area (TPSA) is 105 Å². The Morgan fingerprint density at radius 1 is 0.857 bits per heavy atom. The molecule has 216 valence electrons. The van der Waals surface area contributed by atoms with Gasteiger partial charge in [-0.05, 0) is 73.2 Å². The molecule has 0 fully saturated rings. The average Bonchev–Trinajstić information content (AvgIpc) is 3.01. The Labute approximate surface area is 252 Å². The number of benzene rings is 4. The van der Waals surface area contributed by atoms with Gasteiger partial charge in [-0.1, -0.05) is 46.3 Å². The summed E-state index contributed by atoms with van der Waals surface area (Å²) in [5.41, 5.74) is 4.25. The number of ether oxygens (including phenoxy) is 5. The monoisotopic (exact) mass is 632 g/mol. The molecule has 42 heavy (non-hydrogen) atoms. The lowest BCUT2D eigenvalue weighted by Gasteiger charge is -2.14. The number of carbonyl (C=O) groups is 2. The summed E-state index contributed by atoms with van der Waals surface area (Å²) >= 11 is 3.40. The van der Waals surface area contributed by atoms with Crippen molar-refractivity contribution >= 4 is 34.0 Å². The molecule has 0 aromatic heterocycles. The fourth-order valence-corrected chi connectivity index (χ4v) is 4.08. The summed E-state index contributed by atoms with van der Waals surface area (Å²) in [6, 6.07) is 26.6. The molecule has 0 aliphatic rings. The minimum Gasteiger partial charge on any atom is -0.493 e. The Bertz CT molecular complexity index is 1540. The van der Waals surface area contributed by atoms with Crippen LogP contribution in [0, 0.1) is 0 Å². The van der Waals surface area contributed by atoms with Crippen LogP contribution in [0.2, 0.25) is 0 Å². The van der Waals surface area contributed by atoms with Gasteiger partial charge in [0.25, 0.3) is 5.91 Å². The Morgan fingerprint density at radius 3 is 2.26 bits per heavy atom. The van der Waals surface area contributed by atoms with Crippen LogP contribution in [0.25, 0.3) is 0 Å². The second-order valence-corrected chi connectivity index (χ2v) is 9.80. The zero-order chi connectivity index (χ0) is 29.9. The number of methoxy groups -OCH3 is 2. The van der Waals surface area contributed by atoms with Gasteiger partial charge in [-0.25, -0.2) is 10.2 Å². The number of hydrogen-bond donors (Lipinski definition) is 1. The van der Waals surface area contributed by atoms with E-state index in [9.17, 15) is 9.59 Å². The van der Waals surface area contributed by atoms with Crippen LogP contribution in [-0.4, -0.2) is 38.4 Å². The lowest BCUT2D eigenvalue weighted by molar-refractivity contribution is -0.127. The molecule has 4 rings (SSSR count). The van der Waals surface area contributed by atoms with Gasteiger partial charge < -0.3 is 23.7 Å². The molecule has 0 aliphatic carbocycles. The van der Waals surface area contributed by atoms with E-state index in [1.165, 1.54) is 26.5 Å². The highest BCUT2D eigenvalue weighted by molar-refractivity contribution is 9.10. The quantitative estimate of drug-likeness (QED) is 0.0860. The first kappa shape index (κ1) is 30.1. The molecule has 9 nitrogen and oxygen atoms in total. The van der Waals surface area contributed by atoms with Gasteiger partial charge in [-0.2, -0.15) is 5.10 Å². The zero-order valence-electron chi connectivity index (χ0n) is 23.2. The van der Waals surface area contributed by atoms with Gasteiger partial charge in [0.15, 0.2) is 17.6 Å². The largest absolute Gasteiger partial charge is 0.493 e. The van der Waals surface area contributed by atoms with Crippen LogP contribution in [0.4, 0.5) is 0 Å². The second kappa shape index (κ2) is 14.7. The fraction of sp³-hybridized carbons (Fsp3) is 0.156. The number of hydrogen-bond acceptors (Lipinski definition) is 8. The van der Waals surface area contributed by atoms with Crippen molar-refractivity contribution in [1.82, 2.24) is 5.43 Å². The first-order valence-corrected chi connectivity index (χ1v) is 13.7. The maximum atomic E-state index is 12.8. The standard InChI is InChI=1S/C32H29BrN2O7/c1-21(41-27-13-11-26(12-14-27)40-20-22-7-5-4-6-8-22)31(36)35-34-19-24-17-25(33)10-16-28(24)42-32(37)23-9-15-29(38-2)30(18-23)39-3/h4-19,21H,20H2,1-3H3,(H,35,36)/b34-19-/t21-/m1/s1. The van der Waals surface area contributed by atoms with Crippen molar-refractivity contribution in [1.29, 1.82) is 0 Å². The molecule has 1 amide bonds. The van der Waals surface area contributed by atoms with Crippen LogP contribution in [0.3, 0.4) is 0 Å². The summed E-state index contributed by atoms with van der Waals surface area (Å²) in [6.45, 7) is 2.06. The molecule has 0 unspecified atom stereocenters. The van der Waals surface area contributed by atoms with E-state index in [1.807, 2.05) is 30.3 Å². The van der Waals surface area contributed by atoms with Gasteiger partial charge in [0.2, 0.25) is 0 Å². The van der Waals surface area contributed by atoms with Gasteiger partial charge >= 0.3 is 5.97 Å². The molecule has 4 aromatic carbocycles. The van der Waals surface area contributed by atoms with Crippen molar-refractivity contribution in [2.24, 2.45) is 5.10 Å². The number of hydrazone groups is 1. The van der Waals surface area contributed by atoms with Crippen molar-refractivity contribution in [3.8, 4) is 28.7 Å². The van der Waals surface area contributed by atoms with Gasteiger partial charge in [0, 0.05) is 10.0 Å². The molecule has 10 heteroatoms. The van der Waals surface area contributed by atoms with E-state index in [-0.39, 0.29) is 11.3 Å². The van der Waals surface area contributed by atoms with E-state index in [0.29, 0.717) is 35.2 Å². The normalized spacial score (nSPS) is 11.4. The second-order valence-electron chi connectivity index (χ2n) is 8.88. The third-order valence-electron chi connectivity index (χ3n) is 5.93. The SMILES string of the molecule is COc1ccc(C(=O)Oc2ccc(Br)cc2/C=N\NC(=O)[C@@H](C)Oc2ccc(OCc3ccccc3)cc2)cc1OC. The lowest BCUT2D eigenvalue weighted by atomic mass is 10.2. The van der Waals surface area contributed by atoms with Gasteiger partial charge in [0.05, 0.1) is 26.0 Å². The number of esters is 1. The smallest absolute Gasteiger partial charge is 0.343 e. The van der Waals surface area contributed by atoms with E-state index in [0.717, 1.165) is 10.0 Å². The molecular weight excluding hydrogens is 604 g/mol. The third kappa shape index (κ3) is 8.34. The van der Waals surface area contributed by atoms with E-state index in [4.69, 9.17) is 23.7 Å². The summed E-state index contributed by atoms with van der Waals surface area (Å²) in [5.74, 6) is 1.26. The van der Waals surface area contributed by atoms with E-state index in [1.54, 1.807) is 61.5 Å². The maximum absolute atomic E-state index is 12.8. The highest BCUT2D eigenvalue weighted by Gasteiger charge is 2.16. The van der Waals surface area contributed by atoms with Gasteiger partial charge in [0.1, 0.15) is 23.9 Å². The summed E-state index contributed by atoms with van der Waals surface area (Å²) in [7, 11) is 2.99. The minimum atomic E-state index is -0.830. The van der Waals surface area contributed by atoms with Crippen molar-refractivity contribution in [3.05, 3.63) is 112 Å². The highest BCUT2D eigenvalue weighted by atomic mass is 79.9. The first-order chi connectivity index (χ1) is 20.4. The van der Waals surface area contributed by atoms with Crippen LogP contribution in [0.1, 0.15) is 28.4 Å². The first-order valence-electron chi connectivity index (χ1n) is 12.9. The Morgan fingerprint density at radius 2 is 1.55 bits per heavy atom. The van der Waals surface area contributed by atoms with Crippen LogP contribution >= 0.6 is 15.9 Å². The number of carbonyl (C=O) groups excluding carboxylic acids is 2. The molecule has 0 aliphatic heterocycles. The number of halogens is 1. The molecule has 4 aromatic rings. The summed E-state index contributed by atoms with van der Waals surface area (Å²) in [6.07, 6.45) is 0.550. The summed E-state index contributed by atoms with van der Waals surface area (Å²) in [4.78, 5) is 25.4. The molecule has 0 saturated heterocycles. The molecule has 0 bridgehead atoms. The minimum absolute atomic E-state index is 0.245.